The molecule has 3 nitrogen and oxygen atoms in total. The Morgan fingerprint density at radius 2 is 1.77 bits per heavy atom. The molecule has 1 aromatic rings. The van der Waals surface area contributed by atoms with E-state index in [0.717, 1.165) is 6.54 Å². The second kappa shape index (κ2) is 8.54. The minimum atomic E-state index is 0.0885. The van der Waals surface area contributed by atoms with Gasteiger partial charge in [-0.25, -0.2) is 0 Å². The van der Waals surface area contributed by atoms with Gasteiger partial charge in [0.15, 0.2) is 0 Å². The van der Waals surface area contributed by atoms with Gasteiger partial charge in [0.25, 0.3) is 0 Å². The van der Waals surface area contributed by atoms with E-state index >= 15 is 0 Å². The van der Waals surface area contributed by atoms with Gasteiger partial charge in [-0.15, -0.1) is 0 Å². The molecule has 22 heavy (non-hydrogen) atoms. The van der Waals surface area contributed by atoms with Crippen LogP contribution in [0.1, 0.15) is 64.9 Å². The molecule has 0 saturated carbocycles. The summed E-state index contributed by atoms with van der Waals surface area (Å²) in [6.45, 7) is 8.30. The summed E-state index contributed by atoms with van der Waals surface area (Å²) in [7, 11) is 0. The number of para-hydroxylation sites is 1. The average molecular weight is 304 g/mol. The molecular formula is C19H32N2O. The van der Waals surface area contributed by atoms with Crippen LogP contribution in [0.25, 0.3) is 0 Å². The van der Waals surface area contributed by atoms with Crippen LogP contribution >= 0.6 is 0 Å². The number of rotatable bonds is 8. The average Bonchev–Trinajstić information content (AvgIpc) is 2.49. The van der Waals surface area contributed by atoms with Gasteiger partial charge in [-0.1, -0.05) is 71.1 Å². The predicted octanol–water partition coefficient (Wildman–Crippen LogP) is 5.04. The summed E-state index contributed by atoms with van der Waals surface area (Å²) in [6, 6.07) is 8.50. The molecule has 0 aliphatic carbocycles. The van der Waals surface area contributed by atoms with E-state index in [4.69, 9.17) is 0 Å². The maximum Gasteiger partial charge on any atom is 0.108 e. The Morgan fingerprint density at radius 1 is 1.09 bits per heavy atom. The lowest BCUT2D eigenvalue weighted by molar-refractivity contribution is -0.151. The molecule has 1 aliphatic heterocycles. The Balaban J connectivity index is 2.01. The standard InChI is InChI=1S/C19H32N2O/c1-4-5-6-7-8-11-14-20-18-13-10-9-12-17(18)15-21(22)19(20)16(2)3/h9-10,12-13,16,19,22H,4-8,11,14-15H2,1-3H3. The first-order valence-electron chi connectivity index (χ1n) is 8.95. The molecule has 3 heteroatoms. The van der Waals surface area contributed by atoms with Crippen molar-refractivity contribution in [2.75, 3.05) is 11.4 Å². The molecule has 0 bridgehead atoms. The molecule has 0 radical (unpaired) electrons. The highest BCUT2D eigenvalue weighted by Gasteiger charge is 2.33. The van der Waals surface area contributed by atoms with Gasteiger partial charge in [0, 0.05) is 12.2 Å². The van der Waals surface area contributed by atoms with Crippen LogP contribution in [0.4, 0.5) is 5.69 Å². The minimum Gasteiger partial charge on any atom is -0.353 e. The Labute approximate surface area is 135 Å². The van der Waals surface area contributed by atoms with Crippen LogP contribution in [0.3, 0.4) is 0 Å². The topological polar surface area (TPSA) is 26.7 Å². The fourth-order valence-corrected chi connectivity index (χ4v) is 3.52. The number of hydrogen-bond acceptors (Lipinski definition) is 3. The molecule has 2 rings (SSSR count). The molecule has 1 N–H and O–H groups in total. The number of unbranched alkanes of at least 4 members (excludes halogenated alkanes) is 5. The first-order chi connectivity index (χ1) is 10.6. The van der Waals surface area contributed by atoms with Gasteiger partial charge in [-0.05, 0) is 24.0 Å². The summed E-state index contributed by atoms with van der Waals surface area (Å²) in [5.74, 6) is 0.401. The van der Waals surface area contributed by atoms with Crippen molar-refractivity contribution >= 4 is 5.69 Å². The predicted molar refractivity (Wildman–Crippen MR) is 93.1 cm³/mol. The Hall–Kier alpha value is -1.06. The van der Waals surface area contributed by atoms with E-state index in [1.165, 1.54) is 54.8 Å². The molecule has 0 aromatic heterocycles. The fraction of sp³-hybridized carbons (Fsp3) is 0.684. The second-order valence-electron chi connectivity index (χ2n) is 6.85. The van der Waals surface area contributed by atoms with Crippen LogP contribution in [-0.2, 0) is 6.54 Å². The van der Waals surface area contributed by atoms with Gasteiger partial charge in [0.05, 0.1) is 6.54 Å². The summed E-state index contributed by atoms with van der Waals surface area (Å²) < 4.78 is 0. The second-order valence-corrected chi connectivity index (χ2v) is 6.85. The van der Waals surface area contributed by atoms with Crippen molar-refractivity contribution in [1.82, 2.24) is 5.06 Å². The molecule has 1 heterocycles. The molecule has 0 saturated heterocycles. The molecule has 1 atom stereocenters. The van der Waals surface area contributed by atoms with Crippen LogP contribution in [0.5, 0.6) is 0 Å². The fourth-order valence-electron chi connectivity index (χ4n) is 3.52. The van der Waals surface area contributed by atoms with E-state index < -0.39 is 0 Å². The van der Waals surface area contributed by atoms with Crippen molar-refractivity contribution < 1.29 is 5.21 Å². The molecule has 124 valence electrons. The van der Waals surface area contributed by atoms with E-state index in [1.54, 1.807) is 0 Å². The van der Waals surface area contributed by atoms with Crippen molar-refractivity contribution in [1.29, 1.82) is 0 Å². The van der Waals surface area contributed by atoms with E-state index in [9.17, 15) is 5.21 Å². The van der Waals surface area contributed by atoms with Crippen LogP contribution in [0.15, 0.2) is 24.3 Å². The van der Waals surface area contributed by atoms with Crippen molar-refractivity contribution in [3.63, 3.8) is 0 Å². The van der Waals surface area contributed by atoms with Crippen molar-refractivity contribution in [3.05, 3.63) is 29.8 Å². The lowest BCUT2D eigenvalue weighted by atomic mass is 10.0. The minimum absolute atomic E-state index is 0.0885. The summed E-state index contributed by atoms with van der Waals surface area (Å²) in [5.41, 5.74) is 2.54. The number of fused-ring (bicyclic) bond motifs is 1. The molecule has 1 aliphatic rings. The zero-order valence-electron chi connectivity index (χ0n) is 14.5. The normalized spacial score (nSPS) is 18.8. The van der Waals surface area contributed by atoms with Gasteiger partial charge in [0.2, 0.25) is 0 Å². The first-order valence-corrected chi connectivity index (χ1v) is 8.95. The van der Waals surface area contributed by atoms with Crippen LogP contribution in [-0.4, -0.2) is 23.0 Å². The van der Waals surface area contributed by atoms with Crippen molar-refractivity contribution in [3.8, 4) is 0 Å². The molecular weight excluding hydrogens is 272 g/mol. The monoisotopic (exact) mass is 304 g/mol. The van der Waals surface area contributed by atoms with Crippen LogP contribution < -0.4 is 4.90 Å². The number of benzene rings is 1. The lowest BCUT2D eigenvalue weighted by Crippen LogP contribution is -2.53. The molecule has 0 fully saturated rings. The van der Waals surface area contributed by atoms with Crippen molar-refractivity contribution in [2.24, 2.45) is 5.92 Å². The van der Waals surface area contributed by atoms with Gasteiger partial charge >= 0.3 is 0 Å². The highest BCUT2D eigenvalue weighted by Crippen LogP contribution is 2.33. The number of anilines is 1. The Bertz CT molecular complexity index is 447. The van der Waals surface area contributed by atoms with Crippen molar-refractivity contribution in [2.45, 2.75) is 72.0 Å². The van der Waals surface area contributed by atoms with Gasteiger partial charge in [-0.3, -0.25) is 0 Å². The summed E-state index contributed by atoms with van der Waals surface area (Å²) in [5, 5.41) is 11.9. The third-order valence-corrected chi connectivity index (χ3v) is 4.61. The first kappa shape index (κ1) is 17.3. The third-order valence-electron chi connectivity index (χ3n) is 4.61. The van der Waals surface area contributed by atoms with Gasteiger partial charge in [-0.2, -0.15) is 5.06 Å². The zero-order valence-corrected chi connectivity index (χ0v) is 14.5. The van der Waals surface area contributed by atoms with E-state index in [-0.39, 0.29) is 6.17 Å². The maximum atomic E-state index is 10.4. The largest absolute Gasteiger partial charge is 0.353 e. The molecule has 0 amide bonds. The Kier molecular flexibility index (Phi) is 6.71. The van der Waals surface area contributed by atoms with E-state index in [0.29, 0.717) is 12.5 Å². The SMILES string of the molecule is CCCCCCCCN1c2ccccc2CN(O)C1C(C)C. The third kappa shape index (κ3) is 4.23. The maximum absolute atomic E-state index is 10.4. The quantitative estimate of drug-likeness (QED) is 0.682. The summed E-state index contributed by atoms with van der Waals surface area (Å²) in [6.07, 6.45) is 7.92. The van der Waals surface area contributed by atoms with E-state index in [2.05, 4.69) is 49.9 Å². The summed E-state index contributed by atoms with van der Waals surface area (Å²) >= 11 is 0. The highest BCUT2D eigenvalue weighted by atomic mass is 16.5. The van der Waals surface area contributed by atoms with E-state index in [1.807, 2.05) is 0 Å². The van der Waals surface area contributed by atoms with Crippen LogP contribution in [0.2, 0.25) is 0 Å². The summed E-state index contributed by atoms with van der Waals surface area (Å²) in [4.78, 5) is 2.41. The molecule has 0 spiro atoms. The Morgan fingerprint density at radius 3 is 2.50 bits per heavy atom. The molecule has 1 unspecified atom stereocenters. The van der Waals surface area contributed by atoms with Gasteiger partial charge < -0.3 is 10.1 Å². The lowest BCUT2D eigenvalue weighted by Gasteiger charge is -2.45. The molecule has 1 aromatic carbocycles. The number of hydrogen-bond donors (Lipinski definition) is 1. The zero-order chi connectivity index (χ0) is 15.9. The van der Waals surface area contributed by atoms with Crippen LogP contribution in [0, 0.1) is 5.92 Å². The van der Waals surface area contributed by atoms with Gasteiger partial charge in [0.1, 0.15) is 6.17 Å². The number of nitrogens with zero attached hydrogens (tertiary/aromatic N) is 2. The highest BCUT2D eigenvalue weighted by molar-refractivity contribution is 5.56. The number of hydroxylamine groups is 2. The smallest absolute Gasteiger partial charge is 0.108 e.